The highest BCUT2D eigenvalue weighted by molar-refractivity contribution is 9.10. The number of halogens is 1. The fourth-order valence-corrected chi connectivity index (χ4v) is 1.97. The van der Waals surface area contributed by atoms with E-state index in [9.17, 15) is 0 Å². The zero-order valence-corrected chi connectivity index (χ0v) is 11.1. The van der Waals surface area contributed by atoms with Gasteiger partial charge in [-0.1, -0.05) is 18.2 Å². The number of pyridine rings is 2. The van der Waals surface area contributed by atoms with Crippen molar-refractivity contribution < 1.29 is 0 Å². The van der Waals surface area contributed by atoms with Crippen molar-refractivity contribution in [1.29, 1.82) is 0 Å². The number of rotatable bonds is 2. The van der Waals surface area contributed by atoms with Gasteiger partial charge in [-0.25, -0.2) is 4.98 Å². The average Bonchev–Trinajstić information content (AvgIpc) is 2.41. The van der Waals surface area contributed by atoms with Crippen LogP contribution in [0.3, 0.4) is 0 Å². The van der Waals surface area contributed by atoms with E-state index in [-0.39, 0.29) is 0 Å². The van der Waals surface area contributed by atoms with Crippen molar-refractivity contribution in [2.45, 2.75) is 0 Å². The summed E-state index contributed by atoms with van der Waals surface area (Å²) in [5, 5.41) is 4.34. The molecule has 0 radical (unpaired) electrons. The number of hydrogen-bond donors (Lipinski definition) is 1. The third-order valence-electron chi connectivity index (χ3n) is 2.59. The average molecular weight is 300 g/mol. The Kier molecular flexibility index (Phi) is 2.94. The second-order valence-corrected chi connectivity index (χ2v) is 4.82. The first-order valence-corrected chi connectivity index (χ1v) is 6.34. The van der Waals surface area contributed by atoms with E-state index in [2.05, 4.69) is 37.3 Å². The Balaban J connectivity index is 1.92. The molecule has 0 fully saturated rings. The summed E-state index contributed by atoms with van der Waals surface area (Å²) >= 11 is 3.36. The van der Waals surface area contributed by atoms with E-state index in [4.69, 9.17) is 0 Å². The van der Waals surface area contributed by atoms with Gasteiger partial charge in [0, 0.05) is 16.1 Å². The molecular formula is C14H10BrN3. The van der Waals surface area contributed by atoms with Crippen molar-refractivity contribution >= 4 is 38.3 Å². The molecule has 88 valence electrons. The van der Waals surface area contributed by atoms with E-state index in [1.807, 2.05) is 42.6 Å². The summed E-state index contributed by atoms with van der Waals surface area (Å²) < 4.78 is 0.963. The van der Waals surface area contributed by atoms with Crippen molar-refractivity contribution in [3.05, 3.63) is 59.3 Å². The lowest BCUT2D eigenvalue weighted by molar-refractivity contribution is 1.28. The van der Waals surface area contributed by atoms with E-state index >= 15 is 0 Å². The minimum Gasteiger partial charge on any atom is -0.339 e. The van der Waals surface area contributed by atoms with Gasteiger partial charge in [-0.2, -0.15) is 0 Å². The molecule has 3 nitrogen and oxygen atoms in total. The molecule has 0 spiro atoms. The molecule has 2 aromatic heterocycles. The maximum atomic E-state index is 4.40. The van der Waals surface area contributed by atoms with Crippen LogP contribution in [0.1, 0.15) is 0 Å². The lowest BCUT2D eigenvalue weighted by Crippen LogP contribution is -1.93. The lowest BCUT2D eigenvalue weighted by Gasteiger charge is -2.06. The Morgan fingerprint density at radius 3 is 2.67 bits per heavy atom. The predicted octanol–water partition coefficient (Wildman–Crippen LogP) is 4.14. The van der Waals surface area contributed by atoms with Crippen LogP contribution in [0, 0.1) is 0 Å². The fraction of sp³-hybridized carbons (Fsp3) is 0. The summed E-state index contributed by atoms with van der Waals surface area (Å²) in [5.41, 5.74) is 1.93. The van der Waals surface area contributed by atoms with Gasteiger partial charge in [0.25, 0.3) is 0 Å². The highest BCUT2D eigenvalue weighted by atomic mass is 79.9. The van der Waals surface area contributed by atoms with E-state index in [1.54, 1.807) is 6.20 Å². The molecule has 0 aliphatic rings. The molecule has 18 heavy (non-hydrogen) atoms. The molecule has 3 rings (SSSR count). The molecule has 4 heteroatoms. The minimum atomic E-state index is 0.801. The van der Waals surface area contributed by atoms with E-state index in [0.29, 0.717) is 0 Å². The Morgan fingerprint density at radius 1 is 0.944 bits per heavy atom. The number of nitrogens with zero attached hydrogens (tertiary/aromatic N) is 2. The minimum absolute atomic E-state index is 0.801. The van der Waals surface area contributed by atoms with Gasteiger partial charge in [0.2, 0.25) is 0 Å². The second kappa shape index (κ2) is 4.74. The fourth-order valence-electron chi connectivity index (χ4n) is 1.74. The summed E-state index contributed by atoms with van der Waals surface area (Å²) in [5.74, 6) is 0.801. The standard InChI is InChI=1S/C14H10BrN3/c15-11-5-6-14(17-8-11)18-12-7-10-3-1-2-4-13(10)16-9-12/h1-9H,(H,17,18). The van der Waals surface area contributed by atoms with E-state index in [1.165, 1.54) is 0 Å². The molecule has 0 aliphatic heterocycles. The van der Waals surface area contributed by atoms with E-state index in [0.717, 1.165) is 26.9 Å². The van der Waals surface area contributed by atoms with E-state index < -0.39 is 0 Å². The first-order chi connectivity index (χ1) is 8.81. The van der Waals surface area contributed by atoms with Crippen molar-refractivity contribution in [2.75, 3.05) is 5.32 Å². The molecule has 0 amide bonds. The van der Waals surface area contributed by atoms with Crippen molar-refractivity contribution in [1.82, 2.24) is 9.97 Å². The SMILES string of the molecule is Brc1ccc(Nc2cnc3ccccc3c2)nc1. The number of aromatic nitrogens is 2. The number of nitrogens with one attached hydrogen (secondary N) is 1. The summed E-state index contributed by atoms with van der Waals surface area (Å²) in [6.45, 7) is 0. The molecule has 2 heterocycles. The number of benzene rings is 1. The highest BCUT2D eigenvalue weighted by Gasteiger charge is 1.99. The van der Waals surface area contributed by atoms with Gasteiger partial charge in [-0.3, -0.25) is 4.98 Å². The van der Waals surface area contributed by atoms with Gasteiger partial charge in [0.15, 0.2) is 0 Å². The summed E-state index contributed by atoms with van der Waals surface area (Å²) in [4.78, 5) is 8.66. The monoisotopic (exact) mass is 299 g/mol. The number of hydrogen-bond acceptors (Lipinski definition) is 3. The van der Waals surface area contributed by atoms with Crippen LogP contribution in [0.25, 0.3) is 10.9 Å². The third kappa shape index (κ3) is 2.33. The molecule has 0 saturated heterocycles. The Hall–Kier alpha value is -1.94. The molecule has 0 bridgehead atoms. The number of anilines is 2. The zero-order chi connectivity index (χ0) is 12.4. The Labute approximate surface area is 113 Å². The van der Waals surface area contributed by atoms with Crippen LogP contribution in [-0.2, 0) is 0 Å². The summed E-state index contributed by atoms with van der Waals surface area (Å²) in [6.07, 6.45) is 3.57. The van der Waals surface area contributed by atoms with Crippen LogP contribution in [0.15, 0.2) is 59.3 Å². The molecule has 0 saturated carbocycles. The van der Waals surface area contributed by atoms with Gasteiger partial charge >= 0.3 is 0 Å². The smallest absolute Gasteiger partial charge is 0.130 e. The molecule has 3 aromatic rings. The first kappa shape index (κ1) is 11.2. The predicted molar refractivity (Wildman–Crippen MR) is 77.0 cm³/mol. The molecular weight excluding hydrogens is 290 g/mol. The number of para-hydroxylation sites is 1. The number of fused-ring (bicyclic) bond motifs is 1. The van der Waals surface area contributed by atoms with Crippen molar-refractivity contribution in [3.63, 3.8) is 0 Å². The highest BCUT2D eigenvalue weighted by Crippen LogP contribution is 2.19. The van der Waals surface area contributed by atoms with Gasteiger partial charge in [0.05, 0.1) is 17.4 Å². The zero-order valence-electron chi connectivity index (χ0n) is 9.47. The normalized spacial score (nSPS) is 10.5. The van der Waals surface area contributed by atoms with Gasteiger partial charge in [-0.15, -0.1) is 0 Å². The lowest BCUT2D eigenvalue weighted by atomic mass is 10.2. The molecule has 0 aliphatic carbocycles. The van der Waals surface area contributed by atoms with Gasteiger partial charge in [-0.05, 0) is 40.2 Å². The molecule has 1 aromatic carbocycles. The van der Waals surface area contributed by atoms with Gasteiger partial charge in [0.1, 0.15) is 5.82 Å². The van der Waals surface area contributed by atoms with Crippen LogP contribution >= 0.6 is 15.9 Å². The van der Waals surface area contributed by atoms with Crippen LogP contribution in [0.4, 0.5) is 11.5 Å². The quantitative estimate of drug-likeness (QED) is 0.773. The first-order valence-electron chi connectivity index (χ1n) is 5.55. The topological polar surface area (TPSA) is 37.8 Å². The van der Waals surface area contributed by atoms with Crippen LogP contribution in [0.5, 0.6) is 0 Å². The third-order valence-corrected chi connectivity index (χ3v) is 3.06. The largest absolute Gasteiger partial charge is 0.339 e. The van der Waals surface area contributed by atoms with Crippen molar-refractivity contribution in [3.8, 4) is 0 Å². The molecule has 1 N–H and O–H groups in total. The maximum Gasteiger partial charge on any atom is 0.130 e. The van der Waals surface area contributed by atoms with Crippen LogP contribution < -0.4 is 5.32 Å². The van der Waals surface area contributed by atoms with Crippen LogP contribution in [-0.4, -0.2) is 9.97 Å². The van der Waals surface area contributed by atoms with Crippen LogP contribution in [0.2, 0.25) is 0 Å². The Morgan fingerprint density at radius 2 is 1.83 bits per heavy atom. The maximum absolute atomic E-state index is 4.40. The Bertz CT molecular complexity index is 680. The summed E-state index contributed by atoms with van der Waals surface area (Å²) in [7, 11) is 0. The second-order valence-electron chi connectivity index (χ2n) is 3.90. The molecule has 0 unspecified atom stereocenters. The molecule has 0 atom stereocenters. The van der Waals surface area contributed by atoms with Gasteiger partial charge < -0.3 is 5.32 Å². The summed E-state index contributed by atoms with van der Waals surface area (Å²) in [6, 6.07) is 14.0. The van der Waals surface area contributed by atoms with Crippen molar-refractivity contribution in [2.24, 2.45) is 0 Å².